The third kappa shape index (κ3) is 4.47. The van der Waals surface area contributed by atoms with Gasteiger partial charge in [-0.1, -0.05) is 105 Å². The van der Waals surface area contributed by atoms with Crippen LogP contribution in [0.1, 0.15) is 25.0 Å². The van der Waals surface area contributed by atoms with E-state index in [2.05, 4.69) is 115 Å². The fourth-order valence-corrected chi connectivity index (χ4v) is 8.42. The Bertz CT molecular complexity index is 3080. The van der Waals surface area contributed by atoms with Gasteiger partial charge in [0.2, 0.25) is 0 Å². The number of rotatable bonds is 4. The van der Waals surface area contributed by atoms with E-state index >= 15 is 0 Å². The van der Waals surface area contributed by atoms with Gasteiger partial charge in [-0.15, -0.1) is 0 Å². The molecule has 1 aliphatic carbocycles. The fourth-order valence-electron chi connectivity index (χ4n) is 8.42. The van der Waals surface area contributed by atoms with Crippen molar-refractivity contribution in [2.24, 2.45) is 0 Å². The van der Waals surface area contributed by atoms with Gasteiger partial charge in [0.25, 0.3) is 0 Å². The summed E-state index contributed by atoms with van der Waals surface area (Å²) in [5.74, 6) is 1.87. The summed E-state index contributed by atoms with van der Waals surface area (Å²) in [6.45, 7) is 4.68. The Labute approximate surface area is 305 Å². The van der Waals surface area contributed by atoms with Gasteiger partial charge in [0, 0.05) is 49.3 Å². The van der Waals surface area contributed by atoms with Gasteiger partial charge in [-0.3, -0.25) is 0 Å². The van der Waals surface area contributed by atoms with Gasteiger partial charge in [0.05, 0.1) is 11.0 Å². The first-order valence-electron chi connectivity index (χ1n) is 18.0. The number of fused-ring (bicyclic) bond motifs is 9. The van der Waals surface area contributed by atoms with E-state index in [-0.39, 0.29) is 5.41 Å². The number of hydrogen-bond acceptors (Lipinski definition) is 4. The van der Waals surface area contributed by atoms with E-state index in [1.807, 2.05) is 60.7 Å². The lowest BCUT2D eigenvalue weighted by molar-refractivity contribution is 0.661. The number of hydrogen-bond donors (Lipinski definition) is 0. The molecule has 11 rings (SSSR count). The predicted octanol–water partition coefficient (Wildman–Crippen LogP) is 12.2. The van der Waals surface area contributed by atoms with Crippen LogP contribution in [0.5, 0.6) is 0 Å². The zero-order valence-corrected chi connectivity index (χ0v) is 29.2. The Morgan fingerprint density at radius 3 is 1.87 bits per heavy atom. The molecule has 0 unspecified atom stereocenters. The maximum Gasteiger partial charge on any atom is 0.164 e. The van der Waals surface area contributed by atoms with Crippen LogP contribution >= 0.6 is 0 Å². The third-order valence-corrected chi connectivity index (χ3v) is 11.1. The van der Waals surface area contributed by atoms with E-state index in [0.717, 1.165) is 44.3 Å². The Kier molecular flexibility index (Phi) is 6.23. The van der Waals surface area contributed by atoms with E-state index in [1.165, 1.54) is 44.1 Å². The molecule has 0 bridgehead atoms. The average Bonchev–Trinajstić information content (AvgIpc) is 3.82. The Hall–Kier alpha value is -6.85. The van der Waals surface area contributed by atoms with E-state index in [1.54, 1.807) is 0 Å². The first kappa shape index (κ1) is 29.8. The van der Waals surface area contributed by atoms with Crippen LogP contribution in [0.25, 0.3) is 94.7 Å². The summed E-state index contributed by atoms with van der Waals surface area (Å²) in [4.78, 5) is 15.1. The number of para-hydroxylation sites is 2. The van der Waals surface area contributed by atoms with Gasteiger partial charge in [0.1, 0.15) is 11.2 Å². The summed E-state index contributed by atoms with van der Waals surface area (Å²) in [6.07, 6.45) is 0. The molecule has 3 aromatic heterocycles. The van der Waals surface area contributed by atoms with Crippen LogP contribution < -0.4 is 0 Å². The normalized spacial score (nSPS) is 13.2. The van der Waals surface area contributed by atoms with Crippen molar-refractivity contribution < 1.29 is 4.42 Å². The maximum absolute atomic E-state index is 6.12. The molecule has 0 saturated heterocycles. The van der Waals surface area contributed by atoms with Crippen LogP contribution in [0.15, 0.2) is 162 Å². The van der Waals surface area contributed by atoms with Gasteiger partial charge in [-0.25, -0.2) is 15.0 Å². The number of nitrogens with zero attached hydrogens (tertiary/aromatic N) is 4. The lowest BCUT2D eigenvalue weighted by Gasteiger charge is -2.21. The molecule has 5 nitrogen and oxygen atoms in total. The molecule has 0 saturated carbocycles. The SMILES string of the molecule is CC1(C)c2ccccc2-c2cc3c(cc21)c1ccccc1n3-c1ccc(-c2nc(-c3ccccc3)nc(-c3ccc4oc5ccccc5c4c3)n2)cc1. The second-order valence-corrected chi connectivity index (χ2v) is 14.5. The number of benzene rings is 7. The molecule has 0 aliphatic heterocycles. The molecule has 0 amide bonds. The third-order valence-electron chi connectivity index (χ3n) is 11.1. The molecule has 3 heterocycles. The van der Waals surface area contributed by atoms with E-state index in [4.69, 9.17) is 19.4 Å². The van der Waals surface area contributed by atoms with E-state index in [9.17, 15) is 0 Å². The molecular weight excluding hydrogens is 649 g/mol. The first-order chi connectivity index (χ1) is 26.0. The summed E-state index contributed by atoms with van der Waals surface area (Å²) in [5.41, 5.74) is 13.3. The molecule has 0 fully saturated rings. The van der Waals surface area contributed by atoms with E-state index < -0.39 is 0 Å². The van der Waals surface area contributed by atoms with Crippen molar-refractivity contribution in [3.8, 4) is 51.0 Å². The Morgan fingerprint density at radius 1 is 0.434 bits per heavy atom. The quantitative estimate of drug-likeness (QED) is 0.186. The van der Waals surface area contributed by atoms with Crippen molar-refractivity contribution in [1.82, 2.24) is 19.5 Å². The first-order valence-corrected chi connectivity index (χ1v) is 18.0. The van der Waals surface area contributed by atoms with Crippen molar-refractivity contribution in [3.63, 3.8) is 0 Å². The largest absolute Gasteiger partial charge is 0.456 e. The smallest absolute Gasteiger partial charge is 0.164 e. The van der Waals surface area contributed by atoms with Crippen LogP contribution in [0.3, 0.4) is 0 Å². The van der Waals surface area contributed by atoms with Crippen LogP contribution in [0.2, 0.25) is 0 Å². The summed E-state index contributed by atoms with van der Waals surface area (Å²) >= 11 is 0. The minimum absolute atomic E-state index is 0.0645. The molecule has 7 aromatic carbocycles. The summed E-state index contributed by atoms with van der Waals surface area (Å²) < 4.78 is 8.51. The minimum atomic E-state index is -0.0645. The molecule has 0 atom stereocenters. The molecule has 0 spiro atoms. The van der Waals surface area contributed by atoms with Gasteiger partial charge < -0.3 is 8.98 Å². The molecule has 10 aromatic rings. The highest BCUT2D eigenvalue weighted by molar-refractivity contribution is 6.11. The van der Waals surface area contributed by atoms with E-state index in [0.29, 0.717) is 17.5 Å². The second-order valence-electron chi connectivity index (χ2n) is 14.5. The average molecular weight is 681 g/mol. The van der Waals surface area contributed by atoms with Crippen molar-refractivity contribution in [1.29, 1.82) is 0 Å². The molecular formula is C48H32N4O. The van der Waals surface area contributed by atoms with Crippen LogP contribution in [0.4, 0.5) is 0 Å². The molecule has 1 aliphatic rings. The number of furan rings is 1. The van der Waals surface area contributed by atoms with Gasteiger partial charge in [-0.05, 0) is 89.0 Å². The zero-order chi connectivity index (χ0) is 35.3. The fraction of sp³-hybridized carbons (Fsp3) is 0.0625. The van der Waals surface area contributed by atoms with Gasteiger partial charge in [-0.2, -0.15) is 0 Å². The molecule has 0 N–H and O–H groups in total. The summed E-state index contributed by atoms with van der Waals surface area (Å²) in [7, 11) is 0. The Morgan fingerprint density at radius 2 is 1.06 bits per heavy atom. The van der Waals surface area contributed by atoms with Crippen LogP contribution in [-0.2, 0) is 5.41 Å². The topological polar surface area (TPSA) is 56.7 Å². The molecule has 5 heteroatoms. The maximum atomic E-state index is 6.12. The number of aromatic nitrogens is 4. The monoisotopic (exact) mass is 680 g/mol. The zero-order valence-electron chi connectivity index (χ0n) is 29.2. The van der Waals surface area contributed by atoms with Gasteiger partial charge >= 0.3 is 0 Å². The lowest BCUT2D eigenvalue weighted by atomic mass is 9.82. The highest BCUT2D eigenvalue weighted by atomic mass is 16.3. The molecule has 250 valence electrons. The van der Waals surface area contributed by atoms with Crippen molar-refractivity contribution in [3.05, 3.63) is 169 Å². The van der Waals surface area contributed by atoms with Gasteiger partial charge in [0.15, 0.2) is 17.5 Å². The highest BCUT2D eigenvalue weighted by Crippen LogP contribution is 2.51. The van der Waals surface area contributed by atoms with Crippen molar-refractivity contribution in [2.75, 3.05) is 0 Å². The predicted molar refractivity (Wildman–Crippen MR) is 215 cm³/mol. The standard InChI is InChI=1S/C48H32N4O/c1-48(2)39-17-9-6-14-33(39)36-28-42-37(27-40(36)48)34-15-7-10-18-41(34)52(42)32-23-20-30(21-24-32)46-49-45(29-12-4-3-5-13-29)50-47(51-46)31-22-25-44-38(26-31)35-16-8-11-19-43(35)53-44/h3-28H,1-2H3. The summed E-state index contributed by atoms with van der Waals surface area (Å²) in [6, 6.07) is 55.4. The molecule has 0 radical (unpaired) electrons. The lowest BCUT2D eigenvalue weighted by Crippen LogP contribution is -2.14. The van der Waals surface area contributed by atoms with Crippen LogP contribution in [-0.4, -0.2) is 19.5 Å². The van der Waals surface area contributed by atoms with Crippen molar-refractivity contribution in [2.45, 2.75) is 19.3 Å². The minimum Gasteiger partial charge on any atom is -0.456 e. The van der Waals surface area contributed by atoms with Crippen LogP contribution in [0, 0.1) is 0 Å². The highest BCUT2D eigenvalue weighted by Gasteiger charge is 2.36. The summed E-state index contributed by atoms with van der Waals surface area (Å²) in [5, 5.41) is 4.62. The Balaban J connectivity index is 1.06. The second kappa shape index (κ2) is 11.1. The van der Waals surface area contributed by atoms with Crippen molar-refractivity contribution >= 4 is 43.7 Å². The molecule has 53 heavy (non-hydrogen) atoms.